The van der Waals surface area contributed by atoms with E-state index < -0.39 is 0 Å². The molecule has 0 bridgehead atoms. The van der Waals surface area contributed by atoms with Crippen LogP contribution in [0.5, 0.6) is 11.5 Å². The molecule has 0 spiro atoms. The first-order valence-corrected chi connectivity index (χ1v) is 10.1. The fraction of sp³-hybridized carbons (Fsp3) is 0.240. The highest BCUT2D eigenvalue weighted by molar-refractivity contribution is 6.06. The number of hydrogen-bond acceptors (Lipinski definition) is 3. The normalized spacial score (nSPS) is 13.8. The number of anilines is 1. The highest BCUT2D eigenvalue weighted by Crippen LogP contribution is 2.26. The number of amides is 1. The van der Waals surface area contributed by atoms with E-state index in [0.717, 1.165) is 29.8 Å². The van der Waals surface area contributed by atoms with Crippen LogP contribution in [0.2, 0.25) is 0 Å². The molecule has 4 nitrogen and oxygen atoms in total. The third-order valence-corrected chi connectivity index (χ3v) is 5.09. The minimum atomic E-state index is -0.196. The van der Waals surface area contributed by atoms with Gasteiger partial charge in [-0.3, -0.25) is 4.79 Å². The van der Waals surface area contributed by atoms with Crippen LogP contribution in [0, 0.1) is 0 Å². The summed E-state index contributed by atoms with van der Waals surface area (Å²) in [4.78, 5) is 12.8. The number of ether oxygens (including phenoxy) is 2. The Balaban J connectivity index is 1.39. The van der Waals surface area contributed by atoms with Gasteiger partial charge in [-0.2, -0.15) is 0 Å². The van der Waals surface area contributed by atoms with Gasteiger partial charge in [-0.25, -0.2) is 0 Å². The predicted octanol–water partition coefficient (Wildman–Crippen LogP) is 5.84. The number of rotatable bonds is 7. The van der Waals surface area contributed by atoms with Gasteiger partial charge in [0, 0.05) is 5.69 Å². The largest absolute Gasteiger partial charge is 0.490 e. The van der Waals surface area contributed by atoms with Crippen LogP contribution in [0.1, 0.15) is 41.6 Å². The van der Waals surface area contributed by atoms with Gasteiger partial charge in [0.25, 0.3) is 5.91 Å². The Morgan fingerprint density at radius 3 is 2.31 bits per heavy atom. The van der Waals surface area contributed by atoms with Gasteiger partial charge in [0.15, 0.2) is 0 Å². The fourth-order valence-electron chi connectivity index (χ4n) is 3.53. The average molecular weight is 387 g/mol. The molecule has 148 valence electrons. The number of benzene rings is 3. The minimum Gasteiger partial charge on any atom is -0.490 e. The van der Waals surface area contributed by atoms with E-state index in [-0.39, 0.29) is 5.91 Å². The van der Waals surface area contributed by atoms with Crippen LogP contribution >= 0.6 is 0 Å². The molecular formula is C25H25NO3. The smallest absolute Gasteiger partial charge is 0.259 e. The summed E-state index contributed by atoms with van der Waals surface area (Å²) < 4.78 is 11.9. The maximum absolute atomic E-state index is 12.8. The van der Waals surface area contributed by atoms with E-state index in [1.165, 1.54) is 12.8 Å². The second-order valence-electron chi connectivity index (χ2n) is 7.27. The molecule has 1 saturated carbocycles. The van der Waals surface area contributed by atoms with Crippen molar-refractivity contribution in [3.05, 3.63) is 90.0 Å². The van der Waals surface area contributed by atoms with Gasteiger partial charge in [0.05, 0.1) is 11.7 Å². The lowest BCUT2D eigenvalue weighted by molar-refractivity contribution is 0.102. The monoisotopic (exact) mass is 387 g/mol. The molecule has 1 N–H and O–H groups in total. The Kier molecular flexibility index (Phi) is 6.10. The molecular weight excluding hydrogens is 362 g/mol. The standard InChI is InChI=1S/C25H25NO3/c27-25(26-20-14-16-22(17-15-20)29-21-10-4-5-11-21)23-12-6-7-13-24(23)28-18-19-8-2-1-3-9-19/h1-3,6-9,12-17,21H,4-5,10-11,18H2,(H,26,27). The summed E-state index contributed by atoms with van der Waals surface area (Å²) in [7, 11) is 0. The van der Waals surface area contributed by atoms with Crippen molar-refractivity contribution in [3.8, 4) is 11.5 Å². The van der Waals surface area contributed by atoms with E-state index in [4.69, 9.17) is 9.47 Å². The van der Waals surface area contributed by atoms with Crippen LogP contribution in [0.4, 0.5) is 5.69 Å². The van der Waals surface area contributed by atoms with E-state index >= 15 is 0 Å². The van der Waals surface area contributed by atoms with Gasteiger partial charge < -0.3 is 14.8 Å². The van der Waals surface area contributed by atoms with Gasteiger partial charge in [-0.15, -0.1) is 0 Å². The zero-order valence-electron chi connectivity index (χ0n) is 16.3. The summed E-state index contributed by atoms with van der Waals surface area (Å²) in [6.45, 7) is 0.415. The van der Waals surface area contributed by atoms with Crippen LogP contribution in [0.15, 0.2) is 78.9 Å². The molecule has 1 amide bonds. The van der Waals surface area contributed by atoms with E-state index in [1.54, 1.807) is 6.07 Å². The van der Waals surface area contributed by atoms with Gasteiger partial charge in [0.1, 0.15) is 18.1 Å². The summed E-state index contributed by atoms with van der Waals surface area (Å²) >= 11 is 0. The highest BCUT2D eigenvalue weighted by Gasteiger charge is 2.17. The fourth-order valence-corrected chi connectivity index (χ4v) is 3.53. The third kappa shape index (κ3) is 5.17. The van der Waals surface area contributed by atoms with Crippen molar-refractivity contribution in [2.45, 2.75) is 38.4 Å². The Bertz CT molecular complexity index is 932. The second-order valence-corrected chi connectivity index (χ2v) is 7.27. The molecule has 1 aliphatic carbocycles. The number of nitrogens with one attached hydrogen (secondary N) is 1. The Labute approximate surface area is 171 Å². The van der Waals surface area contributed by atoms with E-state index in [1.807, 2.05) is 72.8 Å². The molecule has 0 aliphatic heterocycles. The van der Waals surface area contributed by atoms with Crippen LogP contribution < -0.4 is 14.8 Å². The maximum atomic E-state index is 12.8. The van der Waals surface area contributed by atoms with E-state index in [0.29, 0.717) is 24.0 Å². The second kappa shape index (κ2) is 9.28. The first-order valence-electron chi connectivity index (χ1n) is 10.1. The molecule has 4 rings (SSSR count). The van der Waals surface area contributed by atoms with Gasteiger partial charge in [0.2, 0.25) is 0 Å². The molecule has 0 atom stereocenters. The summed E-state index contributed by atoms with van der Waals surface area (Å²) in [5.74, 6) is 1.22. The summed E-state index contributed by atoms with van der Waals surface area (Å²) in [6, 6.07) is 24.8. The molecule has 0 radical (unpaired) electrons. The zero-order valence-corrected chi connectivity index (χ0v) is 16.3. The van der Waals surface area contributed by atoms with E-state index in [2.05, 4.69) is 5.32 Å². The molecule has 0 aromatic heterocycles. The molecule has 0 saturated heterocycles. The maximum Gasteiger partial charge on any atom is 0.259 e. The Hall–Kier alpha value is -3.27. The molecule has 4 heteroatoms. The predicted molar refractivity (Wildman–Crippen MR) is 114 cm³/mol. The number of hydrogen-bond donors (Lipinski definition) is 1. The molecule has 3 aromatic carbocycles. The van der Waals surface area contributed by atoms with Gasteiger partial charge in [-0.1, -0.05) is 42.5 Å². The quantitative estimate of drug-likeness (QED) is 0.554. The number of carbonyl (C=O) groups excluding carboxylic acids is 1. The van der Waals surface area contributed by atoms with Crippen molar-refractivity contribution < 1.29 is 14.3 Å². The third-order valence-electron chi connectivity index (χ3n) is 5.09. The van der Waals surface area contributed by atoms with Crippen LogP contribution in [-0.4, -0.2) is 12.0 Å². The number of carbonyl (C=O) groups is 1. The topological polar surface area (TPSA) is 47.6 Å². The molecule has 1 aliphatic rings. The highest BCUT2D eigenvalue weighted by atomic mass is 16.5. The van der Waals surface area contributed by atoms with Crippen LogP contribution in [-0.2, 0) is 6.61 Å². The Morgan fingerprint density at radius 2 is 1.55 bits per heavy atom. The van der Waals surface area contributed by atoms with Crippen molar-refractivity contribution >= 4 is 11.6 Å². The Morgan fingerprint density at radius 1 is 0.862 bits per heavy atom. The number of para-hydroxylation sites is 1. The summed E-state index contributed by atoms with van der Waals surface area (Å²) in [6.07, 6.45) is 5.05. The van der Waals surface area contributed by atoms with Gasteiger partial charge in [-0.05, 0) is 67.6 Å². The van der Waals surface area contributed by atoms with Gasteiger partial charge >= 0.3 is 0 Å². The SMILES string of the molecule is O=C(Nc1ccc(OC2CCCC2)cc1)c1ccccc1OCc1ccccc1. The van der Waals surface area contributed by atoms with Crippen molar-refractivity contribution in [1.82, 2.24) is 0 Å². The average Bonchev–Trinajstić information content (AvgIpc) is 3.28. The molecule has 29 heavy (non-hydrogen) atoms. The van der Waals surface area contributed by atoms with Crippen molar-refractivity contribution in [1.29, 1.82) is 0 Å². The summed E-state index contributed by atoms with van der Waals surface area (Å²) in [5.41, 5.74) is 2.29. The molecule has 1 fully saturated rings. The van der Waals surface area contributed by atoms with Crippen LogP contribution in [0.3, 0.4) is 0 Å². The lowest BCUT2D eigenvalue weighted by Gasteiger charge is -2.14. The van der Waals surface area contributed by atoms with E-state index in [9.17, 15) is 4.79 Å². The first-order chi connectivity index (χ1) is 14.3. The molecule has 0 heterocycles. The lowest BCUT2D eigenvalue weighted by Crippen LogP contribution is -2.14. The lowest BCUT2D eigenvalue weighted by atomic mass is 10.1. The first kappa shape index (κ1) is 19.1. The van der Waals surface area contributed by atoms with Crippen molar-refractivity contribution in [3.63, 3.8) is 0 Å². The molecule has 3 aromatic rings. The molecule has 0 unspecified atom stereocenters. The van der Waals surface area contributed by atoms with Crippen molar-refractivity contribution in [2.24, 2.45) is 0 Å². The summed E-state index contributed by atoms with van der Waals surface area (Å²) in [5, 5.41) is 2.94. The minimum absolute atomic E-state index is 0.196. The zero-order chi connectivity index (χ0) is 19.9. The van der Waals surface area contributed by atoms with Crippen LogP contribution in [0.25, 0.3) is 0 Å². The van der Waals surface area contributed by atoms with Crippen molar-refractivity contribution in [2.75, 3.05) is 5.32 Å².